The largest absolute Gasteiger partial charge is 0.488 e. The van der Waals surface area contributed by atoms with E-state index < -0.39 is 0 Å². The molecular formula is C13H8Br2F2O. The minimum Gasteiger partial charge on any atom is -0.488 e. The fraction of sp³-hybridized carbons (Fsp3) is 0.0769. The number of rotatable bonds is 3. The molecule has 2 aromatic rings. The summed E-state index contributed by atoms with van der Waals surface area (Å²) in [5.41, 5.74) is 0.665. The third kappa shape index (κ3) is 3.53. The van der Waals surface area contributed by atoms with Crippen molar-refractivity contribution in [1.82, 2.24) is 0 Å². The summed E-state index contributed by atoms with van der Waals surface area (Å²) in [6.45, 7) is 0.165. The molecule has 0 aliphatic heterocycles. The zero-order valence-electron chi connectivity index (χ0n) is 9.09. The first-order valence-electron chi connectivity index (χ1n) is 5.07. The lowest BCUT2D eigenvalue weighted by atomic mass is 10.2. The zero-order valence-corrected chi connectivity index (χ0v) is 12.3. The molecule has 5 heteroatoms. The van der Waals surface area contributed by atoms with Crippen LogP contribution >= 0.6 is 31.9 Å². The van der Waals surface area contributed by atoms with Crippen LogP contribution in [0, 0.1) is 11.6 Å². The molecule has 0 atom stereocenters. The summed E-state index contributed by atoms with van der Waals surface area (Å²) in [4.78, 5) is 0. The van der Waals surface area contributed by atoms with Gasteiger partial charge in [-0.2, -0.15) is 0 Å². The normalized spacial score (nSPS) is 10.4. The molecule has 2 aromatic carbocycles. The summed E-state index contributed by atoms with van der Waals surface area (Å²) in [5, 5.41) is 0. The van der Waals surface area contributed by atoms with Crippen LogP contribution in [-0.2, 0) is 6.61 Å². The maximum absolute atomic E-state index is 13.1. The molecule has 0 saturated carbocycles. The lowest BCUT2D eigenvalue weighted by Crippen LogP contribution is -1.97. The zero-order chi connectivity index (χ0) is 13.1. The molecule has 0 fully saturated rings. The highest BCUT2D eigenvalue weighted by Crippen LogP contribution is 2.26. The van der Waals surface area contributed by atoms with Crippen LogP contribution in [0.4, 0.5) is 8.78 Å². The van der Waals surface area contributed by atoms with Gasteiger partial charge >= 0.3 is 0 Å². The van der Waals surface area contributed by atoms with E-state index in [0.717, 1.165) is 0 Å². The Kier molecular flexibility index (Phi) is 4.35. The van der Waals surface area contributed by atoms with Gasteiger partial charge < -0.3 is 4.74 Å². The maximum atomic E-state index is 13.1. The van der Waals surface area contributed by atoms with Crippen molar-refractivity contribution in [2.24, 2.45) is 0 Å². The van der Waals surface area contributed by atoms with Gasteiger partial charge in [-0.25, -0.2) is 8.78 Å². The average Bonchev–Trinajstić information content (AvgIpc) is 2.29. The van der Waals surface area contributed by atoms with E-state index in [2.05, 4.69) is 31.9 Å². The predicted molar refractivity (Wildman–Crippen MR) is 72.5 cm³/mol. The molecule has 0 bridgehead atoms. The van der Waals surface area contributed by atoms with E-state index in [1.54, 1.807) is 12.1 Å². The van der Waals surface area contributed by atoms with E-state index in [-0.39, 0.29) is 18.2 Å². The van der Waals surface area contributed by atoms with E-state index >= 15 is 0 Å². The Bertz CT molecular complexity index is 553. The van der Waals surface area contributed by atoms with Crippen molar-refractivity contribution in [2.75, 3.05) is 0 Å². The van der Waals surface area contributed by atoms with E-state index in [0.29, 0.717) is 20.3 Å². The van der Waals surface area contributed by atoms with Crippen LogP contribution in [0.25, 0.3) is 0 Å². The van der Waals surface area contributed by atoms with Gasteiger partial charge in [-0.1, -0.05) is 15.9 Å². The number of ether oxygens (including phenoxy) is 1. The van der Waals surface area contributed by atoms with Gasteiger partial charge in [-0.3, -0.25) is 0 Å². The third-order valence-corrected chi connectivity index (χ3v) is 3.32. The molecule has 0 heterocycles. The Hall–Kier alpha value is -0.940. The smallest absolute Gasteiger partial charge is 0.136 e. The molecule has 94 valence electrons. The SMILES string of the molecule is Fc1cc(Br)cc(COc2cc(F)ccc2Br)c1. The average molecular weight is 378 g/mol. The van der Waals surface area contributed by atoms with Crippen LogP contribution < -0.4 is 4.74 Å². The molecule has 0 N–H and O–H groups in total. The molecule has 2 rings (SSSR count). The van der Waals surface area contributed by atoms with Crippen LogP contribution in [0.1, 0.15) is 5.56 Å². The summed E-state index contributed by atoms with van der Waals surface area (Å²) in [6, 6.07) is 8.65. The van der Waals surface area contributed by atoms with Crippen molar-refractivity contribution in [1.29, 1.82) is 0 Å². The molecule has 0 saturated heterocycles. The molecule has 1 nitrogen and oxygen atoms in total. The second-order valence-electron chi connectivity index (χ2n) is 3.64. The molecular weight excluding hydrogens is 370 g/mol. The van der Waals surface area contributed by atoms with Gasteiger partial charge in [-0.15, -0.1) is 0 Å². The Morgan fingerprint density at radius 2 is 1.72 bits per heavy atom. The molecule has 0 spiro atoms. The molecule has 0 radical (unpaired) electrons. The summed E-state index contributed by atoms with van der Waals surface area (Å²) < 4.78 is 32.9. The minimum atomic E-state index is -0.381. The lowest BCUT2D eigenvalue weighted by Gasteiger charge is -2.08. The Morgan fingerprint density at radius 3 is 2.44 bits per heavy atom. The van der Waals surface area contributed by atoms with Gasteiger partial charge in [0.05, 0.1) is 4.47 Å². The Labute approximate surface area is 120 Å². The van der Waals surface area contributed by atoms with Crippen molar-refractivity contribution < 1.29 is 13.5 Å². The molecule has 0 amide bonds. The molecule has 18 heavy (non-hydrogen) atoms. The first-order valence-corrected chi connectivity index (χ1v) is 6.66. The number of halogens is 4. The molecule has 0 aliphatic rings. The number of benzene rings is 2. The van der Waals surface area contributed by atoms with Gasteiger partial charge in [0, 0.05) is 10.5 Å². The van der Waals surface area contributed by atoms with Gasteiger partial charge in [0.1, 0.15) is 24.0 Å². The quantitative estimate of drug-likeness (QED) is 0.725. The van der Waals surface area contributed by atoms with E-state index in [4.69, 9.17) is 4.74 Å². The first-order chi connectivity index (χ1) is 8.54. The monoisotopic (exact) mass is 376 g/mol. The second-order valence-corrected chi connectivity index (χ2v) is 5.41. The van der Waals surface area contributed by atoms with E-state index in [1.807, 2.05) is 0 Å². The highest BCUT2D eigenvalue weighted by Gasteiger charge is 2.05. The van der Waals surface area contributed by atoms with Crippen molar-refractivity contribution >= 4 is 31.9 Å². The van der Waals surface area contributed by atoms with Crippen LogP contribution in [0.2, 0.25) is 0 Å². The van der Waals surface area contributed by atoms with Gasteiger partial charge in [0.15, 0.2) is 0 Å². The van der Waals surface area contributed by atoms with Crippen molar-refractivity contribution in [3.05, 3.63) is 62.5 Å². The summed E-state index contributed by atoms with van der Waals surface area (Å²) in [7, 11) is 0. The topological polar surface area (TPSA) is 9.23 Å². The number of hydrogen-bond donors (Lipinski definition) is 0. The lowest BCUT2D eigenvalue weighted by molar-refractivity contribution is 0.302. The van der Waals surface area contributed by atoms with Gasteiger partial charge in [0.25, 0.3) is 0 Å². The van der Waals surface area contributed by atoms with Gasteiger partial charge in [-0.05, 0) is 51.8 Å². The van der Waals surface area contributed by atoms with Crippen LogP contribution in [0.3, 0.4) is 0 Å². The van der Waals surface area contributed by atoms with Crippen molar-refractivity contribution in [3.63, 3.8) is 0 Å². The minimum absolute atomic E-state index is 0.165. The summed E-state index contributed by atoms with van der Waals surface area (Å²) >= 11 is 6.46. The van der Waals surface area contributed by atoms with Crippen LogP contribution in [-0.4, -0.2) is 0 Å². The fourth-order valence-electron chi connectivity index (χ4n) is 1.44. The molecule has 0 aromatic heterocycles. The second kappa shape index (κ2) is 5.80. The Balaban J connectivity index is 2.13. The summed E-state index contributed by atoms with van der Waals surface area (Å²) in [6.07, 6.45) is 0. The predicted octanol–water partition coefficient (Wildman–Crippen LogP) is 5.07. The third-order valence-electron chi connectivity index (χ3n) is 2.21. The standard InChI is InChI=1S/C13H8Br2F2O/c14-9-3-8(4-11(17)5-9)7-18-13-6-10(16)1-2-12(13)15/h1-6H,7H2. The summed E-state index contributed by atoms with van der Waals surface area (Å²) in [5.74, 6) is -0.342. The highest BCUT2D eigenvalue weighted by molar-refractivity contribution is 9.10. The van der Waals surface area contributed by atoms with Crippen LogP contribution in [0.15, 0.2) is 45.3 Å². The van der Waals surface area contributed by atoms with Gasteiger partial charge in [0.2, 0.25) is 0 Å². The van der Waals surface area contributed by atoms with E-state index in [1.165, 1.54) is 24.3 Å². The highest BCUT2D eigenvalue weighted by atomic mass is 79.9. The van der Waals surface area contributed by atoms with Crippen molar-refractivity contribution in [3.8, 4) is 5.75 Å². The fourth-order valence-corrected chi connectivity index (χ4v) is 2.32. The molecule has 0 aliphatic carbocycles. The maximum Gasteiger partial charge on any atom is 0.136 e. The number of hydrogen-bond acceptors (Lipinski definition) is 1. The van der Waals surface area contributed by atoms with Crippen molar-refractivity contribution in [2.45, 2.75) is 6.61 Å². The molecule has 0 unspecified atom stereocenters. The first kappa shape index (κ1) is 13.5. The Morgan fingerprint density at radius 1 is 0.944 bits per heavy atom. The van der Waals surface area contributed by atoms with E-state index in [9.17, 15) is 8.78 Å². The van der Waals surface area contributed by atoms with Crippen LogP contribution in [0.5, 0.6) is 5.75 Å².